The molecule has 0 aromatic carbocycles. The Kier molecular flexibility index (Phi) is 6.21. The molecule has 0 bridgehead atoms. The Morgan fingerprint density at radius 3 is 2.90 bits per heavy atom. The molecule has 1 N–H and O–H groups in total. The fraction of sp³-hybridized carbons (Fsp3) is 0.688. The first-order valence-corrected chi connectivity index (χ1v) is 8.65. The Morgan fingerprint density at radius 1 is 1.48 bits per heavy atom. The van der Waals surface area contributed by atoms with E-state index in [1.165, 1.54) is 4.88 Å². The van der Waals surface area contributed by atoms with Crippen molar-refractivity contribution in [1.29, 1.82) is 0 Å². The van der Waals surface area contributed by atoms with Crippen LogP contribution in [0.1, 0.15) is 44.2 Å². The predicted molar refractivity (Wildman–Crippen MR) is 86.3 cm³/mol. The van der Waals surface area contributed by atoms with E-state index in [0.717, 1.165) is 32.4 Å². The van der Waals surface area contributed by atoms with E-state index in [0.29, 0.717) is 5.92 Å². The molecule has 118 valence electrons. The lowest BCUT2D eigenvalue weighted by Crippen LogP contribution is -2.36. The number of nitrogens with zero attached hydrogens (tertiary/aromatic N) is 1. The van der Waals surface area contributed by atoms with Crippen molar-refractivity contribution in [3.05, 3.63) is 22.4 Å². The first-order valence-electron chi connectivity index (χ1n) is 7.77. The number of carbonyl (C=O) groups is 1. The monoisotopic (exact) mass is 310 g/mol. The Balaban J connectivity index is 2.06. The molecule has 1 aromatic heterocycles. The van der Waals surface area contributed by atoms with Crippen LogP contribution in [-0.4, -0.2) is 37.1 Å². The highest BCUT2D eigenvalue weighted by atomic mass is 32.1. The average Bonchev–Trinajstić information content (AvgIpc) is 3.11. The molecule has 1 aliphatic rings. The van der Waals surface area contributed by atoms with Gasteiger partial charge in [-0.05, 0) is 30.2 Å². The number of nitrogens with one attached hydrogen (secondary N) is 1. The molecule has 3 atom stereocenters. The van der Waals surface area contributed by atoms with Crippen molar-refractivity contribution in [3.63, 3.8) is 0 Å². The maximum Gasteiger partial charge on any atom is 0.241 e. The van der Waals surface area contributed by atoms with Gasteiger partial charge in [0.15, 0.2) is 0 Å². The second kappa shape index (κ2) is 7.92. The molecule has 1 saturated heterocycles. The molecule has 0 saturated carbocycles. The van der Waals surface area contributed by atoms with Gasteiger partial charge in [-0.3, -0.25) is 10.1 Å². The third-order valence-electron chi connectivity index (χ3n) is 4.22. The zero-order valence-electron chi connectivity index (χ0n) is 13.2. The summed E-state index contributed by atoms with van der Waals surface area (Å²) in [6.45, 7) is 5.84. The summed E-state index contributed by atoms with van der Waals surface area (Å²) in [6, 6.07) is 4.10. The van der Waals surface area contributed by atoms with Crippen molar-refractivity contribution in [2.75, 3.05) is 20.3 Å². The maximum absolute atomic E-state index is 12.7. The molecule has 5 heteroatoms. The fourth-order valence-corrected chi connectivity index (χ4v) is 3.53. The lowest BCUT2D eigenvalue weighted by atomic mass is 9.99. The van der Waals surface area contributed by atoms with Gasteiger partial charge < -0.3 is 9.64 Å². The van der Waals surface area contributed by atoms with Crippen LogP contribution in [0.2, 0.25) is 0 Å². The minimum Gasteiger partial charge on any atom is -0.385 e. The van der Waals surface area contributed by atoms with E-state index in [1.807, 2.05) is 11.0 Å². The minimum absolute atomic E-state index is 0.0408. The topological polar surface area (TPSA) is 41.6 Å². The van der Waals surface area contributed by atoms with Crippen molar-refractivity contribution in [2.24, 2.45) is 5.92 Å². The molecule has 0 radical (unpaired) electrons. The zero-order valence-corrected chi connectivity index (χ0v) is 14.0. The highest BCUT2D eigenvalue weighted by molar-refractivity contribution is 7.10. The Hall–Kier alpha value is -0.910. The van der Waals surface area contributed by atoms with Crippen molar-refractivity contribution >= 4 is 17.2 Å². The third-order valence-corrected chi connectivity index (χ3v) is 5.15. The standard InChI is InChI=1S/C16H26N2O2S/c1-4-12(2)14-16(19)18(9-5-6-10-20-3)15(17-14)13-8-7-11-21-13/h7-8,11-12,14-15,17H,4-6,9-10H2,1-3H3. The first kappa shape index (κ1) is 16.5. The summed E-state index contributed by atoms with van der Waals surface area (Å²) < 4.78 is 5.09. The van der Waals surface area contributed by atoms with Crippen molar-refractivity contribution in [2.45, 2.75) is 45.3 Å². The fourth-order valence-electron chi connectivity index (χ4n) is 2.73. The van der Waals surface area contributed by atoms with Crippen LogP contribution in [-0.2, 0) is 9.53 Å². The van der Waals surface area contributed by atoms with Gasteiger partial charge in [0, 0.05) is 25.1 Å². The van der Waals surface area contributed by atoms with Crippen molar-refractivity contribution in [3.8, 4) is 0 Å². The molecule has 21 heavy (non-hydrogen) atoms. The first-order chi connectivity index (χ1) is 10.2. The van der Waals surface area contributed by atoms with E-state index in [4.69, 9.17) is 4.74 Å². The van der Waals surface area contributed by atoms with Gasteiger partial charge in [-0.1, -0.05) is 26.3 Å². The quantitative estimate of drug-likeness (QED) is 0.751. The highest BCUT2D eigenvalue weighted by Gasteiger charge is 2.41. The van der Waals surface area contributed by atoms with Crippen LogP contribution < -0.4 is 5.32 Å². The Labute approximate surface area is 131 Å². The second-order valence-corrected chi connectivity index (χ2v) is 6.66. The average molecular weight is 310 g/mol. The predicted octanol–water partition coefficient (Wildman–Crippen LogP) is 3.02. The molecule has 1 fully saturated rings. The number of amides is 1. The molecule has 4 nitrogen and oxygen atoms in total. The van der Waals surface area contributed by atoms with E-state index in [9.17, 15) is 4.79 Å². The lowest BCUT2D eigenvalue weighted by molar-refractivity contribution is -0.131. The smallest absolute Gasteiger partial charge is 0.241 e. The van der Waals surface area contributed by atoms with Crippen molar-refractivity contribution < 1.29 is 9.53 Å². The van der Waals surface area contributed by atoms with Gasteiger partial charge in [-0.2, -0.15) is 0 Å². The van der Waals surface area contributed by atoms with Crippen LogP contribution in [0.15, 0.2) is 17.5 Å². The van der Waals surface area contributed by atoms with Gasteiger partial charge in [0.2, 0.25) is 5.91 Å². The zero-order chi connectivity index (χ0) is 15.2. The van der Waals surface area contributed by atoms with E-state index < -0.39 is 0 Å². The number of hydrogen-bond acceptors (Lipinski definition) is 4. The number of methoxy groups -OCH3 is 1. The van der Waals surface area contributed by atoms with Crippen LogP contribution in [0.25, 0.3) is 0 Å². The van der Waals surface area contributed by atoms with Gasteiger partial charge in [0.05, 0.1) is 6.04 Å². The lowest BCUT2D eigenvalue weighted by Gasteiger charge is -2.23. The van der Waals surface area contributed by atoms with Gasteiger partial charge in [-0.15, -0.1) is 11.3 Å². The number of hydrogen-bond donors (Lipinski definition) is 1. The maximum atomic E-state index is 12.7. The number of unbranched alkanes of at least 4 members (excludes halogenated alkanes) is 1. The van der Waals surface area contributed by atoms with Gasteiger partial charge in [-0.25, -0.2) is 0 Å². The number of carbonyl (C=O) groups excluding carboxylic acids is 1. The summed E-state index contributed by atoms with van der Waals surface area (Å²) in [5, 5.41) is 5.61. The van der Waals surface area contributed by atoms with Gasteiger partial charge in [0.1, 0.15) is 6.17 Å². The molecule has 1 aliphatic heterocycles. The van der Waals surface area contributed by atoms with Crippen molar-refractivity contribution in [1.82, 2.24) is 10.2 Å². The molecular weight excluding hydrogens is 284 g/mol. The highest BCUT2D eigenvalue weighted by Crippen LogP contribution is 2.31. The molecule has 2 rings (SSSR count). The third kappa shape index (κ3) is 3.84. The SMILES string of the molecule is CCC(C)C1NC(c2cccs2)N(CCCCOC)C1=O. The van der Waals surface area contributed by atoms with Gasteiger partial charge >= 0.3 is 0 Å². The van der Waals surface area contributed by atoms with E-state index in [1.54, 1.807) is 18.4 Å². The molecular formula is C16H26N2O2S. The van der Waals surface area contributed by atoms with E-state index in [2.05, 4.69) is 30.6 Å². The Bertz CT molecular complexity index is 435. The molecule has 2 heterocycles. The molecule has 1 aromatic rings. The van der Waals surface area contributed by atoms with Crippen LogP contribution in [0.3, 0.4) is 0 Å². The summed E-state index contributed by atoms with van der Waals surface area (Å²) in [5.74, 6) is 0.615. The number of ether oxygens (including phenoxy) is 1. The molecule has 1 amide bonds. The number of rotatable bonds is 8. The van der Waals surface area contributed by atoms with Crippen LogP contribution in [0.4, 0.5) is 0 Å². The Morgan fingerprint density at radius 2 is 2.29 bits per heavy atom. The largest absolute Gasteiger partial charge is 0.385 e. The summed E-state index contributed by atoms with van der Waals surface area (Å²) in [5.41, 5.74) is 0. The normalized spacial score (nSPS) is 23.8. The summed E-state index contributed by atoms with van der Waals surface area (Å²) in [4.78, 5) is 15.9. The van der Waals surface area contributed by atoms with Crippen LogP contribution >= 0.6 is 11.3 Å². The molecule has 0 spiro atoms. The molecule has 0 aliphatic carbocycles. The number of thiophene rings is 1. The molecule has 3 unspecified atom stereocenters. The van der Waals surface area contributed by atoms with Crippen LogP contribution in [0.5, 0.6) is 0 Å². The van der Waals surface area contributed by atoms with Crippen LogP contribution in [0, 0.1) is 5.92 Å². The van der Waals surface area contributed by atoms with Gasteiger partial charge in [0.25, 0.3) is 0 Å². The van der Waals surface area contributed by atoms with E-state index >= 15 is 0 Å². The summed E-state index contributed by atoms with van der Waals surface area (Å²) >= 11 is 1.71. The summed E-state index contributed by atoms with van der Waals surface area (Å²) in [7, 11) is 1.72. The second-order valence-electron chi connectivity index (χ2n) is 5.68. The summed E-state index contributed by atoms with van der Waals surface area (Å²) in [6.07, 6.45) is 3.03. The minimum atomic E-state index is -0.0514. The van der Waals surface area contributed by atoms with E-state index in [-0.39, 0.29) is 18.1 Å².